The Balaban J connectivity index is 0.00000228. The molecule has 1 unspecified atom stereocenters. The third-order valence-electron chi connectivity index (χ3n) is 6.82. The Morgan fingerprint density at radius 1 is 0.972 bits per heavy atom. The molecule has 0 bridgehead atoms. The third kappa shape index (κ3) is 5.94. The van der Waals surface area contributed by atoms with E-state index in [9.17, 15) is 4.79 Å². The summed E-state index contributed by atoms with van der Waals surface area (Å²) in [5, 5.41) is 0. The van der Waals surface area contributed by atoms with Gasteiger partial charge in [0, 0.05) is 25.7 Å². The standard InChI is InChI=1S/C26H35N3O5.2ClH/c1-28(2)13-19-20-14-29(15-21(19)20)26(30)18-12-22(24(32-4)25(33-5)23(18)31-3)34-17-8-6-16(7-9-17)10-11-27;;/h6-9,12,19-21H,10-11,13-15,27H2,1-5H3;2*1H/t19?,20-,21+;;. The van der Waals surface area contributed by atoms with Crippen molar-refractivity contribution in [2.45, 2.75) is 6.42 Å². The second-order valence-corrected chi connectivity index (χ2v) is 9.27. The van der Waals surface area contributed by atoms with E-state index in [-0.39, 0.29) is 30.7 Å². The van der Waals surface area contributed by atoms with E-state index in [1.54, 1.807) is 6.07 Å². The first kappa shape index (κ1) is 29.8. The average molecular weight is 543 g/mol. The number of fused-ring (bicyclic) bond motifs is 1. The fraction of sp³-hybridized carbons (Fsp3) is 0.500. The smallest absolute Gasteiger partial charge is 0.257 e. The van der Waals surface area contributed by atoms with Crippen molar-refractivity contribution in [3.8, 4) is 28.7 Å². The molecule has 4 rings (SSSR count). The summed E-state index contributed by atoms with van der Waals surface area (Å²) in [7, 11) is 8.78. The molecule has 200 valence electrons. The van der Waals surface area contributed by atoms with Crippen LogP contribution in [0.15, 0.2) is 30.3 Å². The molecule has 1 aliphatic heterocycles. The van der Waals surface area contributed by atoms with Crippen molar-refractivity contribution in [2.75, 3.05) is 61.6 Å². The number of nitrogens with zero attached hydrogens (tertiary/aromatic N) is 2. The Bertz CT molecular complexity index is 1020. The summed E-state index contributed by atoms with van der Waals surface area (Å²) < 4.78 is 23.0. The maximum absolute atomic E-state index is 13.6. The highest BCUT2D eigenvalue weighted by atomic mass is 35.5. The lowest BCUT2D eigenvalue weighted by Gasteiger charge is -2.24. The summed E-state index contributed by atoms with van der Waals surface area (Å²) in [5.41, 5.74) is 7.18. The molecule has 0 spiro atoms. The molecule has 8 nitrogen and oxygen atoms in total. The SMILES string of the molecule is COc1c(Oc2ccc(CCN)cc2)cc(C(=O)N2C[C@@H]3C(CN(C)C)[C@@H]3C2)c(OC)c1OC.Cl.Cl. The van der Waals surface area contributed by atoms with Crippen LogP contribution < -0.4 is 24.7 Å². The highest BCUT2D eigenvalue weighted by molar-refractivity contribution is 5.99. The molecule has 0 aromatic heterocycles. The van der Waals surface area contributed by atoms with E-state index >= 15 is 0 Å². The van der Waals surface area contributed by atoms with Crippen molar-refractivity contribution in [1.29, 1.82) is 0 Å². The molecular formula is C26H37Cl2N3O5. The number of likely N-dealkylation sites (tertiary alicyclic amines) is 1. The number of amides is 1. The van der Waals surface area contributed by atoms with E-state index < -0.39 is 0 Å². The minimum Gasteiger partial charge on any atom is -0.492 e. The monoisotopic (exact) mass is 541 g/mol. The van der Waals surface area contributed by atoms with Gasteiger partial charge < -0.3 is 34.5 Å². The first-order valence-corrected chi connectivity index (χ1v) is 11.7. The van der Waals surface area contributed by atoms with Gasteiger partial charge in [-0.1, -0.05) is 12.1 Å². The first-order valence-electron chi connectivity index (χ1n) is 11.7. The van der Waals surface area contributed by atoms with E-state index in [1.165, 1.54) is 21.3 Å². The highest BCUT2D eigenvalue weighted by Crippen LogP contribution is 2.53. The van der Waals surface area contributed by atoms with Crippen molar-refractivity contribution in [2.24, 2.45) is 23.5 Å². The van der Waals surface area contributed by atoms with Crippen molar-refractivity contribution < 1.29 is 23.7 Å². The highest BCUT2D eigenvalue weighted by Gasteiger charge is 2.56. The lowest BCUT2D eigenvalue weighted by atomic mass is 10.1. The predicted octanol–water partition coefficient (Wildman–Crippen LogP) is 3.73. The second kappa shape index (κ2) is 12.7. The Hall–Kier alpha value is -2.39. The van der Waals surface area contributed by atoms with E-state index in [4.69, 9.17) is 24.7 Å². The number of nitrogens with two attached hydrogens (primary N) is 1. The molecule has 2 fully saturated rings. The van der Waals surface area contributed by atoms with Gasteiger partial charge in [0.05, 0.1) is 26.9 Å². The number of hydrogen-bond acceptors (Lipinski definition) is 7. The second-order valence-electron chi connectivity index (χ2n) is 9.27. The van der Waals surface area contributed by atoms with Gasteiger partial charge in [0.25, 0.3) is 5.91 Å². The number of hydrogen-bond donors (Lipinski definition) is 1. The zero-order valence-corrected chi connectivity index (χ0v) is 23.1. The van der Waals surface area contributed by atoms with Gasteiger partial charge in [-0.15, -0.1) is 24.8 Å². The van der Waals surface area contributed by atoms with Crippen molar-refractivity contribution in [3.63, 3.8) is 0 Å². The number of carbonyl (C=O) groups is 1. The van der Waals surface area contributed by atoms with Gasteiger partial charge in [-0.05, 0) is 62.5 Å². The summed E-state index contributed by atoms with van der Waals surface area (Å²) in [6, 6.07) is 9.39. The van der Waals surface area contributed by atoms with E-state index in [2.05, 4.69) is 19.0 Å². The molecule has 2 aromatic carbocycles. The van der Waals surface area contributed by atoms with Gasteiger partial charge in [0.15, 0.2) is 11.5 Å². The fourth-order valence-corrected chi connectivity index (χ4v) is 5.11. The van der Waals surface area contributed by atoms with E-state index in [0.29, 0.717) is 58.6 Å². The van der Waals surface area contributed by atoms with Crippen LogP contribution in [-0.2, 0) is 6.42 Å². The molecule has 2 aliphatic rings. The number of halogens is 2. The normalized spacial score (nSPS) is 19.6. The summed E-state index contributed by atoms with van der Waals surface area (Å²) in [4.78, 5) is 17.7. The molecule has 1 aliphatic carbocycles. The number of rotatable bonds is 10. The Labute approximate surface area is 225 Å². The van der Waals surface area contributed by atoms with Crippen molar-refractivity contribution in [3.05, 3.63) is 41.5 Å². The first-order chi connectivity index (χ1) is 16.4. The molecule has 0 radical (unpaired) electrons. The van der Waals surface area contributed by atoms with Gasteiger partial charge in [0.1, 0.15) is 5.75 Å². The van der Waals surface area contributed by atoms with E-state index in [0.717, 1.165) is 31.6 Å². The summed E-state index contributed by atoms with van der Waals surface area (Å²) >= 11 is 0. The number of carbonyl (C=O) groups excluding carboxylic acids is 1. The van der Waals surface area contributed by atoms with Gasteiger partial charge in [-0.2, -0.15) is 0 Å². The minimum absolute atomic E-state index is 0. The van der Waals surface area contributed by atoms with Gasteiger partial charge >= 0.3 is 0 Å². The van der Waals surface area contributed by atoms with Gasteiger partial charge in [0.2, 0.25) is 11.5 Å². The van der Waals surface area contributed by atoms with Crippen LogP contribution in [0.4, 0.5) is 0 Å². The third-order valence-corrected chi connectivity index (χ3v) is 6.82. The predicted molar refractivity (Wildman–Crippen MR) is 145 cm³/mol. The Morgan fingerprint density at radius 3 is 2.06 bits per heavy atom. The minimum atomic E-state index is -0.0863. The number of piperidine rings is 1. The van der Waals surface area contributed by atoms with Crippen LogP contribution in [0.1, 0.15) is 15.9 Å². The Kier molecular flexibility index (Phi) is 10.5. The molecule has 2 N–H and O–H groups in total. The van der Waals surface area contributed by atoms with Crippen LogP contribution in [0.25, 0.3) is 0 Å². The maximum Gasteiger partial charge on any atom is 0.257 e. The molecule has 1 amide bonds. The van der Waals surface area contributed by atoms with E-state index in [1.807, 2.05) is 29.2 Å². The topological polar surface area (TPSA) is 86.5 Å². The molecule has 1 saturated heterocycles. The molecular weight excluding hydrogens is 505 g/mol. The van der Waals surface area contributed by atoms with Crippen LogP contribution in [0, 0.1) is 17.8 Å². The van der Waals surface area contributed by atoms with Crippen LogP contribution >= 0.6 is 24.8 Å². The zero-order chi connectivity index (χ0) is 24.4. The fourth-order valence-electron chi connectivity index (χ4n) is 5.11. The quantitative estimate of drug-likeness (QED) is 0.490. The molecule has 1 heterocycles. The lowest BCUT2D eigenvalue weighted by Crippen LogP contribution is -2.33. The van der Waals surface area contributed by atoms with Crippen LogP contribution in [0.3, 0.4) is 0 Å². The molecule has 1 saturated carbocycles. The molecule has 36 heavy (non-hydrogen) atoms. The van der Waals surface area contributed by atoms with Crippen LogP contribution in [0.5, 0.6) is 28.7 Å². The molecule has 3 atom stereocenters. The summed E-state index contributed by atoms with van der Waals surface area (Å²) in [6.07, 6.45) is 0.797. The maximum atomic E-state index is 13.6. The van der Waals surface area contributed by atoms with Gasteiger partial charge in [-0.25, -0.2) is 0 Å². The summed E-state index contributed by atoms with van der Waals surface area (Å²) in [5.74, 6) is 3.80. The van der Waals surface area contributed by atoms with Crippen molar-refractivity contribution in [1.82, 2.24) is 9.80 Å². The van der Waals surface area contributed by atoms with Crippen LogP contribution in [-0.4, -0.2) is 77.3 Å². The molecule has 10 heteroatoms. The average Bonchev–Trinajstić information content (AvgIpc) is 3.25. The number of benzene rings is 2. The largest absolute Gasteiger partial charge is 0.492 e. The lowest BCUT2D eigenvalue weighted by molar-refractivity contribution is 0.0760. The van der Waals surface area contributed by atoms with Crippen LogP contribution in [0.2, 0.25) is 0 Å². The molecule has 2 aromatic rings. The number of ether oxygens (including phenoxy) is 4. The van der Waals surface area contributed by atoms with Crippen molar-refractivity contribution >= 4 is 30.7 Å². The summed E-state index contributed by atoms with van der Waals surface area (Å²) in [6.45, 7) is 3.18. The Morgan fingerprint density at radius 2 is 1.56 bits per heavy atom. The number of methoxy groups -OCH3 is 3. The zero-order valence-electron chi connectivity index (χ0n) is 21.5. The van der Waals surface area contributed by atoms with Gasteiger partial charge in [-0.3, -0.25) is 4.79 Å².